The molecular weight excluding hydrogens is 260 g/mol. The molecule has 0 saturated heterocycles. The van der Waals surface area contributed by atoms with E-state index in [1.807, 2.05) is 24.3 Å². The number of rotatable bonds is 6. The number of oxime groups is 1. The van der Waals surface area contributed by atoms with E-state index in [1.54, 1.807) is 24.1 Å². The Hall–Kier alpha value is -2.70. The second-order valence-electron chi connectivity index (χ2n) is 3.95. The van der Waals surface area contributed by atoms with Crippen LogP contribution in [-0.2, 0) is 6.54 Å². The van der Waals surface area contributed by atoms with E-state index in [0.29, 0.717) is 19.0 Å². The molecule has 3 N–H and O–H groups in total. The number of hydrogen-bond donors (Lipinski definition) is 2. The summed E-state index contributed by atoms with van der Waals surface area (Å²) >= 11 is 0. The minimum Gasteiger partial charge on any atom is -0.497 e. The zero-order chi connectivity index (χ0) is 14.4. The van der Waals surface area contributed by atoms with Crippen molar-refractivity contribution in [3.05, 3.63) is 42.5 Å². The maximum absolute atomic E-state index is 8.65. The molecule has 0 aliphatic rings. The molecule has 0 fully saturated rings. The van der Waals surface area contributed by atoms with Crippen molar-refractivity contribution in [3.63, 3.8) is 0 Å². The lowest BCUT2D eigenvalue weighted by Gasteiger charge is -2.09. The molecule has 7 nitrogen and oxygen atoms in total. The van der Waals surface area contributed by atoms with E-state index < -0.39 is 0 Å². The first kappa shape index (κ1) is 13.7. The summed E-state index contributed by atoms with van der Waals surface area (Å²) in [7, 11) is 1.61. The van der Waals surface area contributed by atoms with Crippen LogP contribution in [0.4, 0.5) is 0 Å². The molecule has 0 amide bonds. The minimum atomic E-state index is -0.0283. The largest absolute Gasteiger partial charge is 0.497 e. The molecule has 2 rings (SSSR count). The number of amidine groups is 1. The van der Waals surface area contributed by atoms with Crippen LogP contribution in [0.15, 0.2) is 41.8 Å². The van der Waals surface area contributed by atoms with Crippen molar-refractivity contribution in [2.45, 2.75) is 6.54 Å². The molecule has 0 atom stereocenters. The van der Waals surface area contributed by atoms with Crippen LogP contribution in [-0.4, -0.2) is 34.3 Å². The SMILES string of the molecule is COc1ccc(OCCn2ccnc2/C(N)=N/O)cc1. The zero-order valence-electron chi connectivity index (χ0n) is 11.1. The quantitative estimate of drug-likeness (QED) is 0.356. The Kier molecular flexibility index (Phi) is 4.43. The fourth-order valence-electron chi connectivity index (χ4n) is 1.70. The summed E-state index contributed by atoms with van der Waals surface area (Å²) in [6, 6.07) is 7.32. The Morgan fingerprint density at radius 1 is 1.35 bits per heavy atom. The molecule has 0 saturated carbocycles. The van der Waals surface area contributed by atoms with Gasteiger partial charge in [0.05, 0.1) is 13.7 Å². The third-order valence-electron chi connectivity index (χ3n) is 2.71. The van der Waals surface area contributed by atoms with Gasteiger partial charge in [0.2, 0.25) is 5.84 Å². The van der Waals surface area contributed by atoms with Crippen molar-refractivity contribution in [1.82, 2.24) is 9.55 Å². The number of methoxy groups -OCH3 is 1. The lowest BCUT2D eigenvalue weighted by Crippen LogP contribution is -2.21. The summed E-state index contributed by atoms with van der Waals surface area (Å²) in [6.45, 7) is 0.978. The topological polar surface area (TPSA) is 94.9 Å². The highest BCUT2D eigenvalue weighted by atomic mass is 16.5. The van der Waals surface area contributed by atoms with Crippen molar-refractivity contribution in [3.8, 4) is 11.5 Å². The second kappa shape index (κ2) is 6.46. The number of aromatic nitrogens is 2. The summed E-state index contributed by atoms with van der Waals surface area (Å²) in [4.78, 5) is 4.01. The van der Waals surface area contributed by atoms with Crippen LogP contribution in [0, 0.1) is 0 Å². The van der Waals surface area contributed by atoms with Gasteiger partial charge in [0, 0.05) is 12.4 Å². The van der Waals surface area contributed by atoms with E-state index in [4.69, 9.17) is 20.4 Å². The van der Waals surface area contributed by atoms with Gasteiger partial charge in [0.25, 0.3) is 0 Å². The monoisotopic (exact) mass is 276 g/mol. The lowest BCUT2D eigenvalue weighted by molar-refractivity contribution is 0.296. The third-order valence-corrected chi connectivity index (χ3v) is 2.71. The van der Waals surface area contributed by atoms with Crippen LogP contribution in [0.2, 0.25) is 0 Å². The van der Waals surface area contributed by atoms with E-state index >= 15 is 0 Å². The molecule has 7 heteroatoms. The molecule has 0 aliphatic heterocycles. The highest BCUT2D eigenvalue weighted by molar-refractivity contribution is 5.93. The van der Waals surface area contributed by atoms with Crippen LogP contribution in [0.3, 0.4) is 0 Å². The summed E-state index contributed by atoms with van der Waals surface area (Å²) in [5, 5.41) is 11.6. The molecule has 0 spiro atoms. The summed E-state index contributed by atoms with van der Waals surface area (Å²) in [5.74, 6) is 1.91. The van der Waals surface area contributed by atoms with Gasteiger partial charge in [-0.15, -0.1) is 0 Å². The molecular formula is C13H16N4O3. The second-order valence-corrected chi connectivity index (χ2v) is 3.95. The van der Waals surface area contributed by atoms with E-state index in [0.717, 1.165) is 11.5 Å². The van der Waals surface area contributed by atoms with Crippen molar-refractivity contribution in [2.75, 3.05) is 13.7 Å². The van der Waals surface area contributed by atoms with Crippen LogP contribution in [0.1, 0.15) is 5.82 Å². The molecule has 20 heavy (non-hydrogen) atoms. The van der Waals surface area contributed by atoms with Crippen LogP contribution in [0.5, 0.6) is 11.5 Å². The van der Waals surface area contributed by atoms with Crippen LogP contribution in [0.25, 0.3) is 0 Å². The van der Waals surface area contributed by atoms with Crippen LogP contribution >= 0.6 is 0 Å². The van der Waals surface area contributed by atoms with Crippen molar-refractivity contribution in [2.24, 2.45) is 10.9 Å². The zero-order valence-corrected chi connectivity index (χ0v) is 11.1. The molecule has 1 aromatic heterocycles. The van der Waals surface area contributed by atoms with Gasteiger partial charge in [0.1, 0.15) is 18.1 Å². The Bertz CT molecular complexity index is 578. The predicted molar refractivity (Wildman–Crippen MR) is 73.2 cm³/mol. The smallest absolute Gasteiger partial charge is 0.206 e. The van der Waals surface area contributed by atoms with Gasteiger partial charge in [-0.3, -0.25) is 0 Å². The number of hydrogen-bond acceptors (Lipinski definition) is 5. The Labute approximate surface area is 116 Å². The first-order valence-electron chi connectivity index (χ1n) is 6.00. The predicted octanol–water partition coefficient (Wildman–Crippen LogP) is 1.07. The summed E-state index contributed by atoms with van der Waals surface area (Å²) < 4.78 is 12.4. The fraction of sp³-hybridized carbons (Fsp3) is 0.231. The average molecular weight is 276 g/mol. The highest BCUT2D eigenvalue weighted by Crippen LogP contribution is 2.16. The van der Waals surface area contributed by atoms with Crippen molar-refractivity contribution in [1.29, 1.82) is 0 Å². The summed E-state index contributed by atoms with van der Waals surface area (Å²) in [5.41, 5.74) is 5.52. The summed E-state index contributed by atoms with van der Waals surface area (Å²) in [6.07, 6.45) is 3.32. The first-order valence-corrected chi connectivity index (χ1v) is 6.00. The van der Waals surface area contributed by atoms with Gasteiger partial charge in [-0.1, -0.05) is 5.16 Å². The normalized spacial score (nSPS) is 11.3. The van der Waals surface area contributed by atoms with Gasteiger partial charge in [-0.2, -0.15) is 0 Å². The molecule has 1 heterocycles. The molecule has 106 valence electrons. The number of imidazole rings is 1. The van der Waals surface area contributed by atoms with Crippen LogP contribution < -0.4 is 15.2 Å². The number of ether oxygens (including phenoxy) is 2. The Morgan fingerprint density at radius 2 is 2.05 bits per heavy atom. The molecule has 0 bridgehead atoms. The maximum atomic E-state index is 8.65. The Balaban J connectivity index is 1.91. The highest BCUT2D eigenvalue weighted by Gasteiger charge is 2.07. The standard InChI is InChI=1S/C13H16N4O3/c1-19-10-2-4-11(5-3-10)20-9-8-17-7-6-15-13(17)12(14)16-18/h2-7,18H,8-9H2,1H3,(H2,14,16). The lowest BCUT2D eigenvalue weighted by atomic mass is 10.3. The average Bonchev–Trinajstić information content (AvgIpc) is 2.95. The molecule has 0 radical (unpaired) electrons. The maximum Gasteiger partial charge on any atom is 0.206 e. The van der Waals surface area contributed by atoms with Gasteiger partial charge >= 0.3 is 0 Å². The van der Waals surface area contributed by atoms with E-state index in [2.05, 4.69) is 10.1 Å². The van der Waals surface area contributed by atoms with E-state index in [9.17, 15) is 0 Å². The Morgan fingerprint density at radius 3 is 2.70 bits per heavy atom. The molecule has 2 aromatic rings. The number of nitrogens with two attached hydrogens (primary N) is 1. The van der Waals surface area contributed by atoms with E-state index in [-0.39, 0.29) is 5.84 Å². The fourth-order valence-corrected chi connectivity index (χ4v) is 1.70. The van der Waals surface area contributed by atoms with Gasteiger partial charge < -0.3 is 25.0 Å². The molecule has 1 aromatic carbocycles. The van der Waals surface area contributed by atoms with Gasteiger partial charge in [-0.25, -0.2) is 4.98 Å². The molecule has 0 aliphatic carbocycles. The molecule has 0 unspecified atom stereocenters. The van der Waals surface area contributed by atoms with E-state index in [1.165, 1.54) is 0 Å². The number of nitrogens with zero attached hydrogens (tertiary/aromatic N) is 3. The van der Waals surface area contributed by atoms with Gasteiger partial charge in [0.15, 0.2) is 5.82 Å². The number of benzene rings is 1. The van der Waals surface area contributed by atoms with Crippen molar-refractivity contribution < 1.29 is 14.7 Å². The minimum absolute atomic E-state index is 0.0283. The third kappa shape index (κ3) is 3.19. The van der Waals surface area contributed by atoms with Crippen molar-refractivity contribution >= 4 is 5.84 Å². The van der Waals surface area contributed by atoms with Gasteiger partial charge in [-0.05, 0) is 24.3 Å². The first-order chi connectivity index (χ1) is 9.74.